The highest BCUT2D eigenvalue weighted by atomic mass is 32.1. The Morgan fingerprint density at radius 2 is 1.44 bits per heavy atom. The number of benzene rings is 3. The smallest absolute Gasteiger partial charge is 0.267 e. The monoisotopic (exact) mass is 372 g/mol. The molecule has 0 fully saturated rings. The zero-order chi connectivity index (χ0) is 18.5. The van der Waals surface area contributed by atoms with Crippen LogP contribution in [0.4, 0.5) is 0 Å². The van der Waals surface area contributed by atoms with Crippen molar-refractivity contribution in [1.82, 2.24) is 15.2 Å². The van der Waals surface area contributed by atoms with E-state index in [1.165, 1.54) is 11.3 Å². The van der Waals surface area contributed by atoms with Crippen molar-refractivity contribution >= 4 is 17.2 Å². The Balaban J connectivity index is 1.74. The predicted molar refractivity (Wildman–Crippen MR) is 106 cm³/mol. The topological polar surface area (TPSA) is 59.3 Å². The number of para-hydroxylation sites is 1. The predicted octanol–water partition coefficient (Wildman–Crippen LogP) is 3.85. The summed E-state index contributed by atoms with van der Waals surface area (Å²) in [6.07, 6.45) is 0. The quantitative estimate of drug-likeness (QED) is 0.553. The van der Waals surface area contributed by atoms with Gasteiger partial charge in [0.25, 0.3) is 5.91 Å². The second-order valence-corrected chi connectivity index (χ2v) is 6.68. The van der Waals surface area contributed by atoms with Gasteiger partial charge in [0.05, 0.1) is 5.69 Å². The van der Waals surface area contributed by atoms with E-state index in [-0.39, 0.29) is 5.91 Å². The van der Waals surface area contributed by atoms with E-state index in [1.54, 1.807) is 16.8 Å². The molecule has 0 aliphatic carbocycles. The van der Waals surface area contributed by atoms with Crippen molar-refractivity contribution in [3.05, 3.63) is 101 Å². The second-order valence-electron chi connectivity index (χ2n) is 5.72. The molecule has 5 nitrogen and oxygen atoms in total. The van der Waals surface area contributed by atoms with E-state index < -0.39 is 0 Å². The van der Waals surface area contributed by atoms with Crippen molar-refractivity contribution < 1.29 is 4.79 Å². The SMILES string of the molecule is O=C(N/N=c1/sc(-c2ccccc2)nn1-c1ccccc1)c1ccccc1. The fourth-order valence-electron chi connectivity index (χ4n) is 2.54. The molecular formula is C21H16N4OS. The van der Waals surface area contributed by atoms with Crippen molar-refractivity contribution in [3.8, 4) is 16.3 Å². The van der Waals surface area contributed by atoms with Crippen LogP contribution in [0.15, 0.2) is 96.1 Å². The average Bonchev–Trinajstić information content (AvgIpc) is 3.18. The van der Waals surface area contributed by atoms with Gasteiger partial charge >= 0.3 is 0 Å². The van der Waals surface area contributed by atoms with Crippen LogP contribution in [0.5, 0.6) is 0 Å². The molecule has 0 aliphatic rings. The van der Waals surface area contributed by atoms with E-state index in [0.717, 1.165) is 16.3 Å². The van der Waals surface area contributed by atoms with Crippen LogP contribution < -0.4 is 10.2 Å². The lowest BCUT2D eigenvalue weighted by Crippen LogP contribution is -2.24. The lowest BCUT2D eigenvalue weighted by atomic mass is 10.2. The number of rotatable bonds is 4. The first-order valence-corrected chi connectivity index (χ1v) is 9.23. The lowest BCUT2D eigenvalue weighted by molar-refractivity contribution is 0.0953. The molecule has 132 valence electrons. The Hall–Kier alpha value is -3.51. The van der Waals surface area contributed by atoms with Crippen molar-refractivity contribution in [1.29, 1.82) is 0 Å². The Kier molecular flexibility index (Phi) is 4.89. The van der Waals surface area contributed by atoms with Crippen LogP contribution in [0, 0.1) is 0 Å². The number of carbonyl (C=O) groups excluding carboxylic acids is 1. The standard InChI is InChI=1S/C21H16N4OS/c26-19(16-10-4-1-5-11-16)22-23-21-25(18-14-8-3-9-15-18)24-20(27-21)17-12-6-2-7-13-17/h1-15H,(H,22,26)/b23-21+. The summed E-state index contributed by atoms with van der Waals surface area (Å²) >= 11 is 1.42. The third-order valence-corrected chi connectivity index (χ3v) is 4.83. The normalized spacial score (nSPS) is 11.3. The summed E-state index contributed by atoms with van der Waals surface area (Å²) in [4.78, 5) is 12.9. The summed E-state index contributed by atoms with van der Waals surface area (Å²) in [5.74, 6) is -0.259. The molecule has 1 N–H and O–H groups in total. The summed E-state index contributed by atoms with van der Waals surface area (Å²) in [5, 5.41) is 9.84. The van der Waals surface area contributed by atoms with Crippen LogP contribution >= 0.6 is 11.3 Å². The van der Waals surface area contributed by atoms with Gasteiger partial charge in [-0.2, -0.15) is 5.10 Å². The molecule has 1 heterocycles. The molecule has 0 aliphatic heterocycles. The molecule has 4 rings (SSSR count). The highest BCUT2D eigenvalue weighted by Crippen LogP contribution is 2.19. The molecule has 0 atom stereocenters. The van der Waals surface area contributed by atoms with E-state index in [9.17, 15) is 4.79 Å². The molecule has 0 radical (unpaired) electrons. The first-order chi connectivity index (χ1) is 13.3. The molecule has 1 aromatic heterocycles. The molecule has 0 bridgehead atoms. The highest BCUT2D eigenvalue weighted by Gasteiger charge is 2.10. The molecule has 3 aromatic carbocycles. The molecule has 27 heavy (non-hydrogen) atoms. The lowest BCUT2D eigenvalue weighted by Gasteiger charge is -2.01. The third kappa shape index (κ3) is 3.86. The summed E-state index contributed by atoms with van der Waals surface area (Å²) in [6, 6.07) is 28.6. The van der Waals surface area contributed by atoms with E-state index >= 15 is 0 Å². The largest absolute Gasteiger partial charge is 0.271 e. The number of nitrogens with one attached hydrogen (secondary N) is 1. The highest BCUT2D eigenvalue weighted by molar-refractivity contribution is 7.12. The molecule has 0 spiro atoms. The van der Waals surface area contributed by atoms with Gasteiger partial charge in [-0.15, -0.1) is 5.10 Å². The van der Waals surface area contributed by atoms with Crippen molar-refractivity contribution in [2.24, 2.45) is 5.10 Å². The number of amides is 1. The minimum atomic E-state index is -0.259. The Labute approximate surface area is 160 Å². The number of aromatic nitrogens is 2. The Morgan fingerprint density at radius 1 is 0.852 bits per heavy atom. The fraction of sp³-hybridized carbons (Fsp3) is 0. The van der Waals surface area contributed by atoms with E-state index in [0.29, 0.717) is 10.4 Å². The summed E-state index contributed by atoms with van der Waals surface area (Å²) in [6.45, 7) is 0. The molecule has 0 unspecified atom stereocenters. The molecule has 0 saturated carbocycles. The van der Waals surface area contributed by atoms with Crippen molar-refractivity contribution in [2.45, 2.75) is 0 Å². The maximum Gasteiger partial charge on any atom is 0.271 e. The van der Waals surface area contributed by atoms with E-state index in [1.807, 2.05) is 78.9 Å². The first kappa shape index (κ1) is 16.9. The molecular weight excluding hydrogens is 356 g/mol. The van der Waals surface area contributed by atoms with Gasteiger partial charge < -0.3 is 0 Å². The van der Waals surface area contributed by atoms with Crippen LogP contribution in [0.3, 0.4) is 0 Å². The van der Waals surface area contributed by atoms with Gasteiger partial charge in [0, 0.05) is 11.1 Å². The second kappa shape index (κ2) is 7.80. The van der Waals surface area contributed by atoms with E-state index in [2.05, 4.69) is 10.5 Å². The minimum Gasteiger partial charge on any atom is -0.267 e. The van der Waals surface area contributed by atoms with Gasteiger partial charge in [0.1, 0.15) is 5.01 Å². The third-order valence-electron chi connectivity index (χ3n) is 3.87. The van der Waals surface area contributed by atoms with Gasteiger partial charge in [0.2, 0.25) is 4.80 Å². The maximum absolute atomic E-state index is 12.3. The Bertz CT molecular complexity index is 1100. The van der Waals surface area contributed by atoms with Gasteiger partial charge in [-0.25, -0.2) is 10.1 Å². The van der Waals surface area contributed by atoms with Crippen LogP contribution in [0.2, 0.25) is 0 Å². The van der Waals surface area contributed by atoms with Gasteiger partial charge in [-0.1, -0.05) is 78.1 Å². The summed E-state index contributed by atoms with van der Waals surface area (Å²) in [7, 11) is 0. The summed E-state index contributed by atoms with van der Waals surface area (Å²) in [5.41, 5.74) is 5.06. The number of hydrogen-bond acceptors (Lipinski definition) is 4. The van der Waals surface area contributed by atoms with Crippen molar-refractivity contribution in [3.63, 3.8) is 0 Å². The first-order valence-electron chi connectivity index (χ1n) is 8.41. The number of carbonyl (C=O) groups is 1. The molecule has 1 amide bonds. The molecule has 0 saturated heterocycles. The van der Waals surface area contributed by atoms with Gasteiger partial charge in [-0.3, -0.25) is 4.79 Å². The van der Waals surface area contributed by atoms with Gasteiger partial charge in [0.15, 0.2) is 0 Å². The molecule has 6 heteroatoms. The van der Waals surface area contributed by atoms with Crippen LogP contribution in [-0.2, 0) is 0 Å². The van der Waals surface area contributed by atoms with E-state index in [4.69, 9.17) is 5.10 Å². The van der Waals surface area contributed by atoms with Crippen LogP contribution in [-0.4, -0.2) is 15.7 Å². The fourth-order valence-corrected chi connectivity index (χ4v) is 3.41. The zero-order valence-electron chi connectivity index (χ0n) is 14.3. The number of nitrogens with zero attached hydrogens (tertiary/aromatic N) is 3. The minimum absolute atomic E-state index is 0.259. The summed E-state index contributed by atoms with van der Waals surface area (Å²) < 4.78 is 1.73. The van der Waals surface area contributed by atoms with Crippen LogP contribution in [0.25, 0.3) is 16.3 Å². The molecule has 4 aromatic rings. The van der Waals surface area contributed by atoms with Crippen molar-refractivity contribution in [2.75, 3.05) is 0 Å². The van der Waals surface area contributed by atoms with Gasteiger partial charge in [-0.05, 0) is 24.3 Å². The van der Waals surface area contributed by atoms with Crippen LogP contribution in [0.1, 0.15) is 10.4 Å². The zero-order valence-corrected chi connectivity index (χ0v) is 15.1. The number of hydrogen-bond donors (Lipinski definition) is 1. The maximum atomic E-state index is 12.3. The average molecular weight is 372 g/mol. The Morgan fingerprint density at radius 3 is 2.11 bits per heavy atom.